The molecule has 1 rings (SSSR count). The van der Waals surface area contributed by atoms with Crippen molar-refractivity contribution >= 4 is 11.7 Å². The first-order valence-electron chi connectivity index (χ1n) is 2.29. The van der Waals surface area contributed by atoms with Crippen molar-refractivity contribution in [3.05, 3.63) is 12.2 Å². The summed E-state index contributed by atoms with van der Waals surface area (Å²) >= 11 is 0. The first-order valence-corrected chi connectivity index (χ1v) is 2.29. The summed E-state index contributed by atoms with van der Waals surface area (Å²) in [5, 5.41) is 6.91. The minimum atomic E-state index is 0. The fourth-order valence-electron chi connectivity index (χ4n) is 0.474. The maximum Gasteiger partial charge on any atom is 0.0988 e. The van der Waals surface area contributed by atoms with Crippen LogP contribution in [0.5, 0.6) is 0 Å². The van der Waals surface area contributed by atoms with E-state index >= 15 is 0 Å². The molecule has 0 atom stereocenters. The van der Waals surface area contributed by atoms with E-state index in [4.69, 9.17) is 11.1 Å². The standard InChI is InChI=1S/C5H6N3.Mn/c6-4-2-1-3-5(7)8-4;/h1H,2H2,(H3,6,7,8);/q-1;. The molecule has 1 radical (unpaired) electrons. The summed E-state index contributed by atoms with van der Waals surface area (Å²) in [6, 6.07) is 0. The molecule has 0 bridgehead atoms. The molecule has 1 aliphatic heterocycles. The van der Waals surface area contributed by atoms with Gasteiger partial charge in [0, 0.05) is 17.1 Å². The number of nitrogens with zero attached hydrogens (tertiary/aromatic N) is 1. The summed E-state index contributed by atoms with van der Waals surface area (Å²) < 4.78 is 0. The van der Waals surface area contributed by atoms with Gasteiger partial charge in [0.15, 0.2) is 0 Å². The third-order valence-electron chi connectivity index (χ3n) is 0.805. The average molecular weight is 163 g/mol. The Morgan fingerprint density at radius 2 is 2.44 bits per heavy atom. The van der Waals surface area contributed by atoms with E-state index in [0.29, 0.717) is 12.3 Å². The first-order chi connectivity index (χ1) is 3.79. The van der Waals surface area contributed by atoms with Crippen LogP contribution in [-0.2, 0) is 17.1 Å². The molecular formula is C5H6MnN3-. The van der Waals surface area contributed by atoms with Gasteiger partial charge in [-0.1, -0.05) is 0 Å². The van der Waals surface area contributed by atoms with Gasteiger partial charge in [-0.05, 0) is 12.3 Å². The molecule has 9 heavy (non-hydrogen) atoms. The number of hydrogen-bond acceptors (Lipinski definition) is 2. The SMILES string of the molecule is N=C1[C-]=CCC(N)=N1.[Mn]. The Kier molecular flexibility index (Phi) is 3.20. The van der Waals surface area contributed by atoms with Crippen LogP contribution in [0.15, 0.2) is 11.1 Å². The average Bonchev–Trinajstić information content (AvgIpc) is 1.64. The van der Waals surface area contributed by atoms with E-state index in [0.717, 1.165) is 0 Å². The van der Waals surface area contributed by atoms with Crippen molar-refractivity contribution in [2.24, 2.45) is 10.7 Å². The van der Waals surface area contributed by atoms with E-state index in [2.05, 4.69) is 11.1 Å². The van der Waals surface area contributed by atoms with E-state index in [1.165, 1.54) is 0 Å². The van der Waals surface area contributed by atoms with Gasteiger partial charge in [0.1, 0.15) is 0 Å². The molecule has 0 amide bonds. The zero-order valence-corrected chi connectivity index (χ0v) is 5.87. The first kappa shape index (κ1) is 8.40. The quantitative estimate of drug-likeness (QED) is 0.385. The molecule has 1 aliphatic rings. The molecule has 1 heterocycles. The maximum atomic E-state index is 6.91. The monoisotopic (exact) mass is 163 g/mol. The van der Waals surface area contributed by atoms with Crippen molar-refractivity contribution in [1.82, 2.24) is 0 Å². The number of nitrogens with one attached hydrogen (secondary N) is 1. The van der Waals surface area contributed by atoms with Gasteiger partial charge in [-0.2, -0.15) is 0 Å². The van der Waals surface area contributed by atoms with Crippen LogP contribution in [0.4, 0.5) is 0 Å². The summed E-state index contributed by atoms with van der Waals surface area (Å²) in [5.74, 6) is 0.613. The number of rotatable bonds is 0. The number of dihydropyridines is 1. The number of hydrogen-bond donors (Lipinski definition) is 2. The van der Waals surface area contributed by atoms with Gasteiger partial charge in [-0.25, -0.2) is 0 Å². The summed E-state index contributed by atoms with van der Waals surface area (Å²) in [6.45, 7) is 0. The van der Waals surface area contributed by atoms with E-state index in [1.807, 2.05) is 0 Å². The van der Waals surface area contributed by atoms with E-state index in [-0.39, 0.29) is 22.9 Å². The molecule has 0 fully saturated rings. The van der Waals surface area contributed by atoms with Gasteiger partial charge >= 0.3 is 0 Å². The molecule has 0 aromatic rings. The van der Waals surface area contributed by atoms with Crippen molar-refractivity contribution < 1.29 is 17.1 Å². The van der Waals surface area contributed by atoms with Crippen molar-refractivity contribution in [2.45, 2.75) is 6.42 Å². The molecule has 0 saturated heterocycles. The zero-order chi connectivity index (χ0) is 5.98. The van der Waals surface area contributed by atoms with Gasteiger partial charge in [0.25, 0.3) is 0 Å². The Labute approximate surface area is 64.0 Å². The van der Waals surface area contributed by atoms with Crippen LogP contribution in [0.2, 0.25) is 0 Å². The van der Waals surface area contributed by atoms with Gasteiger partial charge in [-0.3, -0.25) is 11.1 Å². The molecule has 0 saturated carbocycles. The zero-order valence-electron chi connectivity index (χ0n) is 4.69. The fraction of sp³-hybridized carbons (Fsp3) is 0.200. The summed E-state index contributed by atoms with van der Waals surface area (Å²) in [4.78, 5) is 3.62. The number of aliphatic imine (C=N–C) groups is 1. The maximum absolute atomic E-state index is 6.91. The number of nitrogens with two attached hydrogens (primary N) is 1. The summed E-state index contributed by atoms with van der Waals surface area (Å²) in [5.41, 5.74) is 5.26. The molecule has 0 unspecified atom stereocenters. The minimum Gasteiger partial charge on any atom is -0.430 e. The Balaban J connectivity index is 0.000000640. The Morgan fingerprint density at radius 3 is 2.78 bits per heavy atom. The summed E-state index contributed by atoms with van der Waals surface area (Å²) in [6.07, 6.45) is 4.93. The van der Waals surface area contributed by atoms with Crippen LogP contribution in [0.3, 0.4) is 0 Å². The van der Waals surface area contributed by atoms with Crippen molar-refractivity contribution in [2.75, 3.05) is 0 Å². The van der Waals surface area contributed by atoms with Crippen LogP contribution >= 0.6 is 0 Å². The van der Waals surface area contributed by atoms with Gasteiger partial charge in [-0.15, -0.1) is 0 Å². The molecule has 0 spiro atoms. The molecule has 0 aliphatic carbocycles. The minimum absolute atomic E-state index is 0. The fourth-order valence-corrected chi connectivity index (χ4v) is 0.474. The molecular weight excluding hydrogens is 157 g/mol. The Morgan fingerprint density at radius 1 is 1.78 bits per heavy atom. The summed E-state index contributed by atoms with van der Waals surface area (Å²) in [7, 11) is 0. The van der Waals surface area contributed by atoms with Crippen molar-refractivity contribution in [3.8, 4) is 0 Å². The van der Waals surface area contributed by atoms with Gasteiger partial charge in [0.2, 0.25) is 0 Å². The van der Waals surface area contributed by atoms with Crippen molar-refractivity contribution in [3.63, 3.8) is 0 Å². The second-order valence-electron chi connectivity index (χ2n) is 1.50. The normalized spacial score (nSPS) is 16.4. The molecule has 3 nitrogen and oxygen atoms in total. The van der Waals surface area contributed by atoms with Crippen LogP contribution < -0.4 is 5.73 Å². The number of amidine groups is 2. The predicted octanol–water partition coefficient (Wildman–Crippen LogP) is 0.0815. The second-order valence-corrected chi connectivity index (χ2v) is 1.50. The molecule has 4 heteroatoms. The van der Waals surface area contributed by atoms with Crippen molar-refractivity contribution in [1.29, 1.82) is 5.41 Å². The Bertz CT molecular complexity index is 171. The van der Waals surface area contributed by atoms with Gasteiger partial charge in [0.05, 0.1) is 5.84 Å². The van der Waals surface area contributed by atoms with Crippen LogP contribution in [-0.4, -0.2) is 11.7 Å². The van der Waals surface area contributed by atoms with Crippen LogP contribution in [0.25, 0.3) is 0 Å². The Hall–Kier alpha value is -0.601. The second kappa shape index (κ2) is 3.43. The smallest absolute Gasteiger partial charge is 0.0988 e. The topological polar surface area (TPSA) is 62.2 Å². The molecule has 0 aromatic heterocycles. The third kappa shape index (κ3) is 2.44. The molecule has 49 valence electrons. The predicted molar refractivity (Wildman–Crippen MR) is 31.8 cm³/mol. The molecule has 0 aromatic carbocycles. The van der Waals surface area contributed by atoms with E-state index in [9.17, 15) is 0 Å². The van der Waals surface area contributed by atoms with E-state index < -0.39 is 0 Å². The van der Waals surface area contributed by atoms with Gasteiger partial charge < -0.3 is 17.2 Å². The van der Waals surface area contributed by atoms with Crippen LogP contribution in [0, 0.1) is 11.5 Å². The van der Waals surface area contributed by atoms with Crippen LogP contribution in [0.1, 0.15) is 6.42 Å². The van der Waals surface area contributed by atoms with E-state index in [1.54, 1.807) is 6.08 Å². The molecule has 3 N–H and O–H groups in total. The third-order valence-corrected chi connectivity index (χ3v) is 0.805. The largest absolute Gasteiger partial charge is 0.430 e.